The van der Waals surface area contributed by atoms with E-state index in [1.54, 1.807) is 6.07 Å². The van der Waals surface area contributed by atoms with Gasteiger partial charge in [-0.3, -0.25) is 0 Å². The maximum absolute atomic E-state index is 12.3. The zero-order chi connectivity index (χ0) is 14.5. The summed E-state index contributed by atoms with van der Waals surface area (Å²) < 4.78 is 33.9. The van der Waals surface area contributed by atoms with Crippen molar-refractivity contribution in [3.05, 3.63) is 48.0 Å². The highest BCUT2D eigenvalue weighted by molar-refractivity contribution is 5.45. The summed E-state index contributed by atoms with van der Waals surface area (Å²) in [5.41, 5.74) is 0.817. The largest absolute Gasteiger partial charge is 0.493 e. The van der Waals surface area contributed by atoms with Crippen LogP contribution in [-0.2, 0) is 0 Å². The number of benzene rings is 1. The average Bonchev–Trinajstić information content (AvgIpc) is 2.46. The fourth-order valence-corrected chi connectivity index (χ4v) is 1.70. The second kappa shape index (κ2) is 6.25. The van der Waals surface area contributed by atoms with Crippen molar-refractivity contribution in [2.24, 2.45) is 0 Å². The van der Waals surface area contributed by atoms with Gasteiger partial charge in [-0.05, 0) is 17.7 Å². The third-order valence-electron chi connectivity index (χ3n) is 2.62. The van der Waals surface area contributed by atoms with Crippen molar-refractivity contribution in [1.82, 2.24) is 9.97 Å². The van der Waals surface area contributed by atoms with Gasteiger partial charge >= 0.3 is 6.61 Å². The van der Waals surface area contributed by atoms with E-state index in [1.165, 1.54) is 38.0 Å². The number of alkyl halides is 2. The van der Waals surface area contributed by atoms with E-state index in [9.17, 15) is 13.9 Å². The number of aliphatic hydroxyl groups excluding tert-OH is 1. The first-order valence-electron chi connectivity index (χ1n) is 5.67. The second-order valence-electron chi connectivity index (χ2n) is 3.86. The van der Waals surface area contributed by atoms with Gasteiger partial charge in [0.05, 0.1) is 7.11 Å². The zero-order valence-corrected chi connectivity index (χ0v) is 10.5. The molecule has 7 heteroatoms. The smallest absolute Gasteiger partial charge is 0.387 e. The quantitative estimate of drug-likeness (QED) is 0.910. The van der Waals surface area contributed by atoms with Gasteiger partial charge in [-0.15, -0.1) is 0 Å². The van der Waals surface area contributed by atoms with Crippen LogP contribution in [0.4, 0.5) is 8.78 Å². The van der Waals surface area contributed by atoms with Gasteiger partial charge in [-0.25, -0.2) is 9.97 Å². The Labute approximate surface area is 113 Å². The lowest BCUT2D eigenvalue weighted by molar-refractivity contribution is -0.0513. The van der Waals surface area contributed by atoms with Gasteiger partial charge in [-0.1, -0.05) is 6.07 Å². The Morgan fingerprint density at radius 1 is 1.10 bits per heavy atom. The van der Waals surface area contributed by atoms with E-state index in [0.717, 1.165) is 0 Å². The highest BCUT2D eigenvalue weighted by Gasteiger charge is 2.16. The Kier molecular flexibility index (Phi) is 4.41. The Morgan fingerprint density at radius 2 is 1.80 bits per heavy atom. The van der Waals surface area contributed by atoms with Gasteiger partial charge in [0.2, 0.25) is 0 Å². The van der Waals surface area contributed by atoms with E-state index in [2.05, 4.69) is 14.7 Å². The fourth-order valence-electron chi connectivity index (χ4n) is 1.70. The maximum atomic E-state index is 12.3. The molecule has 2 rings (SSSR count). The lowest BCUT2D eigenvalue weighted by Crippen LogP contribution is -2.06. The third-order valence-corrected chi connectivity index (χ3v) is 2.62. The lowest BCUT2D eigenvalue weighted by atomic mass is 10.0. The van der Waals surface area contributed by atoms with Crippen molar-refractivity contribution < 1.29 is 23.4 Å². The van der Waals surface area contributed by atoms with Gasteiger partial charge in [-0.2, -0.15) is 8.78 Å². The third kappa shape index (κ3) is 3.18. The van der Waals surface area contributed by atoms with Gasteiger partial charge in [0.1, 0.15) is 12.4 Å². The molecule has 0 amide bonds. The molecule has 1 heterocycles. The molecule has 0 fully saturated rings. The van der Waals surface area contributed by atoms with E-state index in [0.29, 0.717) is 11.1 Å². The summed E-state index contributed by atoms with van der Waals surface area (Å²) >= 11 is 0. The summed E-state index contributed by atoms with van der Waals surface area (Å²) in [5.74, 6) is 0.0152. The van der Waals surface area contributed by atoms with Gasteiger partial charge in [0.15, 0.2) is 11.5 Å². The van der Waals surface area contributed by atoms with Crippen LogP contribution in [0.5, 0.6) is 11.5 Å². The van der Waals surface area contributed by atoms with Crippen LogP contribution < -0.4 is 9.47 Å². The van der Waals surface area contributed by atoms with Crippen LogP contribution >= 0.6 is 0 Å². The molecule has 0 spiro atoms. The van der Waals surface area contributed by atoms with Crippen molar-refractivity contribution in [1.29, 1.82) is 0 Å². The molecule has 106 valence electrons. The Hall–Kier alpha value is -2.28. The summed E-state index contributed by atoms with van der Waals surface area (Å²) in [4.78, 5) is 7.58. The van der Waals surface area contributed by atoms with Crippen LogP contribution in [0.1, 0.15) is 17.2 Å². The standard InChI is InChI=1S/C13H12F2N2O3/c1-19-10-3-2-8(4-11(10)20-13(14)15)12(18)9-5-16-7-17-6-9/h2-7,12-13,18H,1H3. The van der Waals surface area contributed by atoms with Crippen LogP contribution in [0, 0.1) is 0 Å². The van der Waals surface area contributed by atoms with Crippen molar-refractivity contribution in [2.75, 3.05) is 7.11 Å². The number of halogens is 2. The highest BCUT2D eigenvalue weighted by Crippen LogP contribution is 2.33. The number of nitrogens with zero attached hydrogens (tertiary/aromatic N) is 2. The molecule has 0 bridgehead atoms. The highest BCUT2D eigenvalue weighted by atomic mass is 19.3. The van der Waals surface area contributed by atoms with Gasteiger partial charge in [0.25, 0.3) is 0 Å². The normalized spacial score (nSPS) is 12.2. The molecule has 0 radical (unpaired) electrons. The lowest BCUT2D eigenvalue weighted by Gasteiger charge is -2.14. The first kappa shape index (κ1) is 14.1. The van der Waals surface area contributed by atoms with Crippen LogP contribution in [0.3, 0.4) is 0 Å². The van der Waals surface area contributed by atoms with E-state index < -0.39 is 12.7 Å². The summed E-state index contributed by atoms with van der Waals surface area (Å²) in [6, 6.07) is 4.29. The molecule has 0 saturated heterocycles. The second-order valence-corrected chi connectivity index (χ2v) is 3.86. The topological polar surface area (TPSA) is 64.5 Å². The molecule has 1 aromatic heterocycles. The summed E-state index contributed by atoms with van der Waals surface area (Å²) in [5, 5.41) is 10.2. The van der Waals surface area contributed by atoms with Crippen LogP contribution in [-0.4, -0.2) is 28.8 Å². The number of methoxy groups -OCH3 is 1. The molecule has 0 saturated carbocycles. The van der Waals surface area contributed by atoms with Crippen molar-refractivity contribution in [3.63, 3.8) is 0 Å². The predicted molar refractivity (Wildman–Crippen MR) is 65.7 cm³/mol. The Bertz CT molecular complexity index is 567. The van der Waals surface area contributed by atoms with Crippen LogP contribution in [0.15, 0.2) is 36.9 Å². The molecule has 2 aromatic rings. The zero-order valence-electron chi connectivity index (χ0n) is 10.5. The van der Waals surface area contributed by atoms with Gasteiger partial charge < -0.3 is 14.6 Å². The predicted octanol–water partition coefficient (Wildman–Crippen LogP) is 2.17. The molecule has 5 nitrogen and oxygen atoms in total. The van der Waals surface area contributed by atoms with Crippen molar-refractivity contribution >= 4 is 0 Å². The van der Waals surface area contributed by atoms with Crippen LogP contribution in [0.25, 0.3) is 0 Å². The Balaban J connectivity index is 2.33. The molecule has 1 N–H and O–H groups in total. The number of aromatic nitrogens is 2. The molecular formula is C13H12F2N2O3. The minimum absolute atomic E-state index is 0.143. The number of ether oxygens (including phenoxy) is 2. The minimum atomic E-state index is -2.98. The average molecular weight is 282 g/mol. The maximum Gasteiger partial charge on any atom is 0.387 e. The van der Waals surface area contributed by atoms with E-state index >= 15 is 0 Å². The van der Waals surface area contributed by atoms with E-state index in [1.807, 2.05) is 0 Å². The van der Waals surface area contributed by atoms with Crippen LogP contribution in [0.2, 0.25) is 0 Å². The fraction of sp³-hybridized carbons (Fsp3) is 0.231. The summed E-state index contributed by atoms with van der Waals surface area (Å²) in [6.45, 7) is -2.98. The Morgan fingerprint density at radius 3 is 2.40 bits per heavy atom. The monoisotopic (exact) mass is 282 g/mol. The van der Waals surface area contributed by atoms with Crippen molar-refractivity contribution in [3.8, 4) is 11.5 Å². The summed E-state index contributed by atoms with van der Waals surface area (Å²) in [7, 11) is 1.34. The number of rotatable bonds is 5. The SMILES string of the molecule is COc1ccc(C(O)c2cncnc2)cc1OC(F)F. The molecule has 20 heavy (non-hydrogen) atoms. The first-order valence-corrected chi connectivity index (χ1v) is 5.67. The molecule has 0 aliphatic heterocycles. The molecule has 1 atom stereocenters. The number of hydrogen-bond acceptors (Lipinski definition) is 5. The molecule has 1 unspecified atom stereocenters. The van der Waals surface area contributed by atoms with E-state index in [4.69, 9.17) is 4.74 Å². The molecule has 1 aromatic carbocycles. The van der Waals surface area contributed by atoms with E-state index in [-0.39, 0.29) is 11.5 Å². The summed E-state index contributed by atoms with van der Waals surface area (Å²) in [6.07, 6.45) is 3.17. The molecule has 0 aliphatic carbocycles. The van der Waals surface area contributed by atoms with Crippen molar-refractivity contribution in [2.45, 2.75) is 12.7 Å². The molecular weight excluding hydrogens is 270 g/mol. The first-order chi connectivity index (χ1) is 9.61. The minimum Gasteiger partial charge on any atom is -0.493 e. The number of hydrogen-bond donors (Lipinski definition) is 1. The van der Waals surface area contributed by atoms with Gasteiger partial charge in [0, 0.05) is 18.0 Å². The molecule has 0 aliphatic rings. The number of aliphatic hydroxyl groups is 1.